The molecule has 9 rings (SSSR count). The highest BCUT2D eigenvalue weighted by Crippen LogP contribution is 2.50. The Labute approximate surface area is 400 Å². The molecule has 0 unspecified atom stereocenters. The van der Waals surface area contributed by atoms with E-state index in [9.17, 15) is 0 Å². The number of hydrogen-bond acceptors (Lipinski definition) is 1. The second-order valence-electron chi connectivity index (χ2n) is 18.2. The van der Waals surface area contributed by atoms with Crippen molar-refractivity contribution in [2.24, 2.45) is 21.1 Å². The third-order valence-electron chi connectivity index (χ3n) is 15.0. The lowest BCUT2D eigenvalue weighted by atomic mass is 9.89. The first kappa shape index (κ1) is 45.6. The highest BCUT2D eigenvalue weighted by Gasteiger charge is 2.38. The second-order valence-corrected chi connectivity index (χ2v) is 18.2. The second kappa shape index (κ2) is 19.0. The van der Waals surface area contributed by atoms with Gasteiger partial charge < -0.3 is 9.13 Å². The lowest BCUT2D eigenvalue weighted by molar-refractivity contribution is -0.672. The van der Waals surface area contributed by atoms with E-state index in [0.717, 1.165) is 62.8 Å². The van der Waals surface area contributed by atoms with Gasteiger partial charge in [-0.15, -0.1) is 0 Å². The molecule has 4 heteroatoms. The summed E-state index contributed by atoms with van der Waals surface area (Å²) in [5, 5.41) is 0. The van der Waals surface area contributed by atoms with Gasteiger partial charge in [0.25, 0.3) is 0 Å². The van der Waals surface area contributed by atoms with Crippen LogP contribution >= 0.6 is 0 Å². The van der Waals surface area contributed by atoms with Gasteiger partial charge in [0.05, 0.1) is 44.6 Å². The summed E-state index contributed by atoms with van der Waals surface area (Å²) in [5.41, 5.74) is 31.1. The quantitative estimate of drug-likeness (QED) is 0.112. The third kappa shape index (κ3) is 7.18. The largest absolute Gasteiger partial charge is 0.343 e. The van der Waals surface area contributed by atoms with Crippen molar-refractivity contribution in [3.05, 3.63) is 166 Å². The van der Waals surface area contributed by atoms with Crippen LogP contribution in [0.15, 0.2) is 121 Å². The zero-order valence-corrected chi connectivity index (χ0v) is 42.0. The van der Waals surface area contributed by atoms with Gasteiger partial charge in [-0.2, -0.15) is 4.57 Å². The Balaban J connectivity index is 1.77. The first-order valence-electron chi connectivity index (χ1n) is 25.3. The molecule has 0 fully saturated rings. The number of aromatic nitrogens is 4. The summed E-state index contributed by atoms with van der Waals surface area (Å²) in [6.07, 6.45) is 7.19. The molecule has 4 aromatic carbocycles. The van der Waals surface area contributed by atoms with Gasteiger partial charge in [0.1, 0.15) is 7.05 Å². The van der Waals surface area contributed by atoms with E-state index in [1.54, 1.807) is 0 Å². The Kier molecular flexibility index (Phi) is 12.9. The Morgan fingerprint density at radius 1 is 0.343 bits per heavy atom. The maximum atomic E-state index is 6.12. The molecule has 0 amide bonds. The number of nitrogens with zero attached hydrogens (tertiary/aromatic N) is 4. The lowest BCUT2D eigenvalue weighted by Gasteiger charge is -2.14. The molecule has 0 spiro atoms. The molecule has 0 saturated heterocycles. The van der Waals surface area contributed by atoms with Crippen LogP contribution in [0.5, 0.6) is 0 Å². The first-order valence-corrected chi connectivity index (χ1v) is 25.3. The van der Waals surface area contributed by atoms with Crippen molar-refractivity contribution in [2.45, 2.75) is 107 Å². The molecule has 3 aromatic heterocycles. The number of aryl methyl sites for hydroxylation is 6. The average Bonchev–Trinajstić information content (AvgIpc) is 4.05. The summed E-state index contributed by atoms with van der Waals surface area (Å²) < 4.78 is 7.78. The minimum atomic E-state index is 0.876. The number of allylic oxidation sites excluding steroid dienone is 4. The minimum absolute atomic E-state index is 0.876. The Hall–Kier alpha value is -6.52. The van der Waals surface area contributed by atoms with E-state index in [4.69, 9.17) is 4.98 Å². The van der Waals surface area contributed by atoms with Crippen molar-refractivity contribution in [1.29, 1.82) is 0 Å². The highest BCUT2D eigenvalue weighted by molar-refractivity contribution is 6.09. The summed E-state index contributed by atoms with van der Waals surface area (Å²) >= 11 is 0. The summed E-state index contributed by atoms with van der Waals surface area (Å²) in [7, 11) is 7.06. The van der Waals surface area contributed by atoms with Crippen molar-refractivity contribution >= 4 is 44.4 Å². The summed E-state index contributed by atoms with van der Waals surface area (Å²) in [4.78, 5) is 6.12. The van der Waals surface area contributed by atoms with Crippen molar-refractivity contribution < 1.29 is 4.57 Å². The molecule has 0 saturated carbocycles. The molecule has 7 aromatic rings. The van der Waals surface area contributed by atoms with Crippen LogP contribution in [0.1, 0.15) is 126 Å². The van der Waals surface area contributed by atoms with Crippen LogP contribution in [0.4, 0.5) is 0 Å². The summed E-state index contributed by atoms with van der Waals surface area (Å²) in [6.45, 7) is 18.9. The molecular weight excluding hydrogens is 813 g/mol. The van der Waals surface area contributed by atoms with Crippen molar-refractivity contribution in [3.63, 3.8) is 0 Å². The molecule has 0 radical (unpaired) electrons. The molecule has 67 heavy (non-hydrogen) atoms. The number of fused-ring (bicyclic) bond motifs is 8. The van der Waals surface area contributed by atoms with Crippen LogP contribution in [0.25, 0.3) is 88.9 Å². The van der Waals surface area contributed by atoms with Gasteiger partial charge in [0.2, 0.25) is 11.4 Å². The predicted octanol–water partition coefficient (Wildman–Crippen LogP) is 16.1. The van der Waals surface area contributed by atoms with E-state index in [2.05, 4.69) is 212 Å². The zero-order chi connectivity index (χ0) is 47.1. The van der Waals surface area contributed by atoms with E-state index in [1.807, 2.05) is 0 Å². The van der Waals surface area contributed by atoms with Crippen molar-refractivity contribution in [1.82, 2.24) is 14.1 Å². The average molecular weight is 882 g/mol. The normalized spacial score (nSPS) is 12.8. The van der Waals surface area contributed by atoms with E-state index >= 15 is 0 Å². The maximum absolute atomic E-state index is 6.12. The molecule has 2 aliphatic rings. The Bertz CT molecular complexity index is 3250. The van der Waals surface area contributed by atoms with E-state index in [0.29, 0.717) is 0 Å². The smallest absolute Gasteiger partial charge is 0.219 e. The predicted molar refractivity (Wildman–Crippen MR) is 288 cm³/mol. The van der Waals surface area contributed by atoms with E-state index in [1.165, 1.54) is 123 Å². The van der Waals surface area contributed by atoms with Gasteiger partial charge in [-0.05, 0) is 107 Å². The minimum Gasteiger partial charge on any atom is -0.343 e. The van der Waals surface area contributed by atoms with Gasteiger partial charge >= 0.3 is 0 Å². The summed E-state index contributed by atoms with van der Waals surface area (Å²) in [5.74, 6) is 0. The fourth-order valence-electron chi connectivity index (χ4n) is 12.3. The number of benzene rings is 4. The Morgan fingerprint density at radius 3 is 0.985 bits per heavy atom. The van der Waals surface area contributed by atoms with E-state index in [-0.39, 0.29) is 0 Å². The first-order chi connectivity index (χ1) is 32.7. The van der Waals surface area contributed by atoms with Gasteiger partial charge in [-0.3, -0.25) is 0 Å². The highest BCUT2D eigenvalue weighted by atomic mass is 15.0. The fraction of sp³-hybridized carbons (Fsp3) is 0.302. The lowest BCUT2D eigenvalue weighted by Crippen LogP contribution is -2.34. The van der Waals surface area contributed by atoms with Crippen LogP contribution < -0.4 is 4.57 Å². The monoisotopic (exact) mass is 882 g/mol. The topological polar surface area (TPSA) is 26.6 Å². The van der Waals surface area contributed by atoms with Crippen LogP contribution in [0.3, 0.4) is 0 Å². The fourth-order valence-corrected chi connectivity index (χ4v) is 12.3. The Morgan fingerprint density at radius 2 is 0.627 bits per heavy atom. The van der Waals surface area contributed by atoms with Gasteiger partial charge in [-0.25, -0.2) is 4.98 Å². The number of rotatable bonds is 12. The standard InChI is InChI=1S/C63H69N4/c1-12-44-45(13-2)57-53(41-34-26-21-27-35-41)59-47(15-4)49(17-6)61(66(59)10)55(43-38-30-23-31-39-43)63-51(19-8)50(18-7)62(67(63)11)54(42-36-28-22-29-37-42)60-48(16-5)46(14-3)58(65(60)9)52(56(44)64-57)40-32-24-20-25-33-40/h20-39H,12-19H2,1-11H3/q+1. The molecule has 340 valence electrons. The SMILES string of the molecule is CCC1=C(CC)c2nc1c(-c1ccccc1)c1[n+](C)c(c(-c3ccccc3)c3c(CC)c(CC)c(c(-c4ccccc4)c4c(CC)c(CC)c(c2-c2ccccc2)n4C)n3C)C(CC)=C1CC. The van der Waals surface area contributed by atoms with Crippen LogP contribution in [0, 0.1) is 0 Å². The van der Waals surface area contributed by atoms with Crippen molar-refractivity contribution in [2.75, 3.05) is 0 Å². The van der Waals surface area contributed by atoms with Crippen molar-refractivity contribution in [3.8, 4) is 44.5 Å². The summed E-state index contributed by atoms with van der Waals surface area (Å²) in [6, 6.07) is 44.9. The molecule has 0 N–H and O–H groups in total. The molecule has 8 bridgehead atoms. The number of hydrogen-bond donors (Lipinski definition) is 0. The van der Waals surface area contributed by atoms with E-state index < -0.39 is 0 Å². The van der Waals surface area contributed by atoms with Crippen LogP contribution in [-0.2, 0) is 46.8 Å². The molecule has 5 heterocycles. The third-order valence-corrected chi connectivity index (χ3v) is 15.0. The molecule has 4 nitrogen and oxygen atoms in total. The zero-order valence-electron chi connectivity index (χ0n) is 42.0. The molecule has 0 atom stereocenters. The molecule has 2 aliphatic heterocycles. The van der Waals surface area contributed by atoms with Gasteiger partial charge in [-0.1, -0.05) is 177 Å². The van der Waals surface area contributed by atoms with Crippen LogP contribution in [0.2, 0.25) is 0 Å². The van der Waals surface area contributed by atoms with Gasteiger partial charge in [0, 0.05) is 36.4 Å². The van der Waals surface area contributed by atoms with Crippen LogP contribution in [-0.4, -0.2) is 14.1 Å². The molecule has 0 aliphatic carbocycles. The molecular formula is C63H69N4+. The maximum Gasteiger partial charge on any atom is 0.219 e. The van der Waals surface area contributed by atoms with Gasteiger partial charge in [0.15, 0.2) is 0 Å².